The number of methoxy groups -OCH3 is 1. The number of nitro groups is 1. The maximum atomic E-state index is 13.5. The maximum Gasteiger partial charge on any atom is 0.273 e. The molecule has 1 unspecified atom stereocenters. The first kappa shape index (κ1) is 19.2. The molecule has 150 valence electrons. The summed E-state index contributed by atoms with van der Waals surface area (Å²) in [6, 6.07) is 12.2. The second kappa shape index (κ2) is 7.70. The number of hydrogen-bond donors (Lipinski definition) is 0. The Labute approximate surface area is 169 Å². The van der Waals surface area contributed by atoms with Crippen LogP contribution in [0.15, 0.2) is 54.6 Å². The van der Waals surface area contributed by atoms with E-state index >= 15 is 0 Å². The fraction of sp³-hybridized carbons (Fsp3) is 0.348. The number of amides is 1. The molecule has 1 heterocycles. The standard InChI is InChI=1S/C23H24N2O4/c1-29-21-15-18(25(27)28)9-10-19(21)22(26)24-14-13-23(11-5-2-6-12-23)16-17-7-3-4-8-20(17)24/h3-5,7-11,15H,2,6,12-14,16H2,1H3. The molecule has 1 atom stereocenters. The van der Waals surface area contributed by atoms with Crippen LogP contribution in [0.1, 0.15) is 41.6 Å². The SMILES string of the molecule is COc1cc([N+](=O)[O-])ccc1C(=O)N1CCC2(C=CCCC2)Cc2ccccc21. The van der Waals surface area contributed by atoms with Crippen molar-refractivity contribution in [2.24, 2.45) is 5.41 Å². The third-order valence-corrected chi connectivity index (χ3v) is 6.05. The molecule has 2 aromatic carbocycles. The molecular formula is C23H24N2O4. The largest absolute Gasteiger partial charge is 0.496 e. The van der Waals surface area contributed by atoms with Crippen molar-refractivity contribution < 1.29 is 14.5 Å². The number of allylic oxidation sites excluding steroid dienone is 2. The first-order valence-corrected chi connectivity index (χ1v) is 9.93. The highest BCUT2D eigenvalue weighted by atomic mass is 16.6. The summed E-state index contributed by atoms with van der Waals surface area (Å²) in [5, 5.41) is 11.1. The lowest BCUT2D eigenvalue weighted by atomic mass is 9.72. The minimum Gasteiger partial charge on any atom is -0.496 e. The van der Waals surface area contributed by atoms with Gasteiger partial charge >= 0.3 is 0 Å². The number of benzene rings is 2. The lowest BCUT2D eigenvalue weighted by molar-refractivity contribution is -0.384. The zero-order valence-corrected chi connectivity index (χ0v) is 16.5. The zero-order chi connectivity index (χ0) is 20.4. The Morgan fingerprint density at radius 3 is 2.76 bits per heavy atom. The summed E-state index contributed by atoms with van der Waals surface area (Å²) in [6.45, 7) is 0.598. The Bertz CT molecular complexity index is 985. The highest BCUT2D eigenvalue weighted by molar-refractivity contribution is 6.08. The number of ether oxygens (including phenoxy) is 1. The van der Waals surface area contributed by atoms with Crippen molar-refractivity contribution in [2.75, 3.05) is 18.6 Å². The highest BCUT2D eigenvalue weighted by Gasteiger charge is 2.35. The van der Waals surface area contributed by atoms with E-state index in [1.807, 2.05) is 18.2 Å². The minimum absolute atomic E-state index is 0.0863. The van der Waals surface area contributed by atoms with Crippen LogP contribution in [0.25, 0.3) is 0 Å². The molecule has 0 bridgehead atoms. The second-order valence-corrected chi connectivity index (χ2v) is 7.81. The van der Waals surface area contributed by atoms with Crippen LogP contribution in [0.3, 0.4) is 0 Å². The summed E-state index contributed by atoms with van der Waals surface area (Å²) in [7, 11) is 1.42. The topological polar surface area (TPSA) is 72.7 Å². The highest BCUT2D eigenvalue weighted by Crippen LogP contribution is 2.43. The van der Waals surface area contributed by atoms with Gasteiger partial charge in [-0.3, -0.25) is 14.9 Å². The third-order valence-electron chi connectivity index (χ3n) is 6.05. The van der Waals surface area contributed by atoms with Gasteiger partial charge in [0.1, 0.15) is 5.75 Å². The van der Waals surface area contributed by atoms with E-state index < -0.39 is 4.92 Å². The fourth-order valence-corrected chi connectivity index (χ4v) is 4.52. The minimum atomic E-state index is -0.489. The third kappa shape index (κ3) is 3.62. The Morgan fingerprint density at radius 2 is 2.03 bits per heavy atom. The monoisotopic (exact) mass is 392 g/mol. The fourth-order valence-electron chi connectivity index (χ4n) is 4.52. The van der Waals surface area contributed by atoms with Gasteiger partial charge < -0.3 is 9.64 Å². The lowest BCUT2D eigenvalue weighted by Gasteiger charge is -2.32. The van der Waals surface area contributed by atoms with E-state index in [-0.39, 0.29) is 22.8 Å². The quantitative estimate of drug-likeness (QED) is 0.422. The molecule has 1 spiro atoms. The van der Waals surface area contributed by atoms with Crippen molar-refractivity contribution in [3.63, 3.8) is 0 Å². The van der Waals surface area contributed by atoms with Gasteiger partial charge in [0.15, 0.2) is 0 Å². The van der Waals surface area contributed by atoms with Crippen molar-refractivity contribution in [1.82, 2.24) is 0 Å². The van der Waals surface area contributed by atoms with Gasteiger partial charge in [0, 0.05) is 18.3 Å². The van der Waals surface area contributed by atoms with E-state index in [9.17, 15) is 14.9 Å². The van der Waals surface area contributed by atoms with Gasteiger partial charge in [-0.2, -0.15) is 0 Å². The zero-order valence-electron chi connectivity index (χ0n) is 16.5. The molecule has 6 nitrogen and oxygen atoms in total. The Hall–Kier alpha value is -3.15. The molecule has 0 fully saturated rings. The van der Waals surface area contributed by atoms with E-state index in [0.29, 0.717) is 12.1 Å². The van der Waals surface area contributed by atoms with Crippen molar-refractivity contribution in [3.8, 4) is 5.75 Å². The molecule has 4 rings (SSSR count). The number of nitrogens with zero attached hydrogens (tertiary/aromatic N) is 2. The summed E-state index contributed by atoms with van der Waals surface area (Å²) in [5.74, 6) is 0.0271. The Kier molecular flexibility index (Phi) is 5.09. The molecular weight excluding hydrogens is 368 g/mol. The van der Waals surface area contributed by atoms with E-state index in [1.54, 1.807) is 4.90 Å². The second-order valence-electron chi connectivity index (χ2n) is 7.81. The number of carbonyl (C=O) groups excluding carboxylic acids is 1. The van der Waals surface area contributed by atoms with Crippen LogP contribution in [0.5, 0.6) is 5.75 Å². The molecule has 2 aromatic rings. The van der Waals surface area contributed by atoms with Crippen LogP contribution in [-0.2, 0) is 6.42 Å². The van der Waals surface area contributed by atoms with Crippen LogP contribution in [-0.4, -0.2) is 24.5 Å². The summed E-state index contributed by atoms with van der Waals surface area (Å²) in [5.41, 5.74) is 2.40. The van der Waals surface area contributed by atoms with Crippen LogP contribution >= 0.6 is 0 Å². The molecule has 1 aliphatic carbocycles. The van der Waals surface area contributed by atoms with Gasteiger partial charge in [-0.1, -0.05) is 30.4 Å². The number of rotatable bonds is 3. The van der Waals surface area contributed by atoms with Crippen molar-refractivity contribution in [1.29, 1.82) is 0 Å². The number of anilines is 1. The predicted octanol–water partition coefficient (Wildman–Crippen LogP) is 4.92. The molecule has 0 N–H and O–H groups in total. The Balaban J connectivity index is 1.73. The van der Waals surface area contributed by atoms with Gasteiger partial charge in [0.05, 0.1) is 23.7 Å². The Morgan fingerprint density at radius 1 is 1.21 bits per heavy atom. The molecule has 0 radical (unpaired) electrons. The van der Waals surface area contributed by atoms with Gasteiger partial charge in [-0.05, 0) is 55.2 Å². The number of nitro benzene ring substituents is 1. The molecule has 6 heteroatoms. The van der Waals surface area contributed by atoms with Crippen LogP contribution in [0.2, 0.25) is 0 Å². The predicted molar refractivity (Wildman–Crippen MR) is 112 cm³/mol. The molecule has 2 aliphatic rings. The molecule has 0 saturated carbocycles. The lowest BCUT2D eigenvalue weighted by Crippen LogP contribution is -2.33. The van der Waals surface area contributed by atoms with Crippen molar-refractivity contribution in [3.05, 3.63) is 75.9 Å². The summed E-state index contributed by atoms with van der Waals surface area (Å²) >= 11 is 0. The summed E-state index contributed by atoms with van der Waals surface area (Å²) in [6.07, 6.45) is 9.83. The van der Waals surface area contributed by atoms with E-state index in [2.05, 4.69) is 18.2 Å². The first-order chi connectivity index (χ1) is 14.0. The molecule has 0 saturated heterocycles. The van der Waals surface area contributed by atoms with Gasteiger partial charge in [-0.25, -0.2) is 0 Å². The number of non-ortho nitro benzene ring substituents is 1. The molecule has 1 amide bonds. The smallest absolute Gasteiger partial charge is 0.273 e. The number of para-hydroxylation sites is 1. The first-order valence-electron chi connectivity index (χ1n) is 9.93. The molecule has 29 heavy (non-hydrogen) atoms. The average molecular weight is 392 g/mol. The number of hydrogen-bond acceptors (Lipinski definition) is 4. The average Bonchev–Trinajstić information content (AvgIpc) is 2.90. The molecule has 1 aliphatic heterocycles. The summed E-state index contributed by atoms with van der Waals surface area (Å²) < 4.78 is 5.31. The normalized spacial score (nSPS) is 20.8. The van der Waals surface area contributed by atoms with E-state index in [1.165, 1.54) is 31.7 Å². The van der Waals surface area contributed by atoms with Crippen molar-refractivity contribution in [2.45, 2.75) is 32.1 Å². The molecule has 0 aromatic heterocycles. The maximum absolute atomic E-state index is 13.5. The van der Waals surface area contributed by atoms with Gasteiger partial charge in [0.25, 0.3) is 11.6 Å². The van der Waals surface area contributed by atoms with Crippen LogP contribution < -0.4 is 9.64 Å². The van der Waals surface area contributed by atoms with Crippen LogP contribution in [0.4, 0.5) is 11.4 Å². The van der Waals surface area contributed by atoms with Gasteiger partial charge in [0.2, 0.25) is 0 Å². The van der Waals surface area contributed by atoms with Crippen LogP contribution in [0, 0.1) is 15.5 Å². The van der Waals surface area contributed by atoms with E-state index in [4.69, 9.17) is 4.74 Å². The number of fused-ring (bicyclic) bond motifs is 1. The summed E-state index contributed by atoms with van der Waals surface area (Å²) in [4.78, 5) is 25.9. The van der Waals surface area contributed by atoms with E-state index in [0.717, 1.165) is 36.9 Å². The van der Waals surface area contributed by atoms with Crippen molar-refractivity contribution >= 4 is 17.3 Å². The van der Waals surface area contributed by atoms with Gasteiger partial charge in [-0.15, -0.1) is 0 Å². The number of carbonyl (C=O) groups is 1.